The maximum absolute atomic E-state index is 9.25. The van der Waals surface area contributed by atoms with Crippen molar-refractivity contribution in [1.29, 1.82) is 5.26 Å². The van der Waals surface area contributed by atoms with E-state index in [1.54, 1.807) is 0 Å². The largest absolute Gasteiger partial charge is 0.317 e. The van der Waals surface area contributed by atoms with E-state index in [0.29, 0.717) is 12.5 Å². The van der Waals surface area contributed by atoms with Crippen LogP contribution in [0, 0.1) is 17.2 Å². The van der Waals surface area contributed by atoms with Gasteiger partial charge in [0.2, 0.25) is 0 Å². The molecule has 3 nitrogen and oxygen atoms in total. The summed E-state index contributed by atoms with van der Waals surface area (Å²) >= 11 is 0. The van der Waals surface area contributed by atoms with E-state index in [1.165, 1.54) is 18.4 Å². The van der Waals surface area contributed by atoms with Gasteiger partial charge in [-0.25, -0.2) is 0 Å². The fourth-order valence-electron chi connectivity index (χ4n) is 3.25. The molecule has 1 N–H and O–H groups in total. The molecule has 1 aliphatic rings. The molecule has 0 spiro atoms. The summed E-state index contributed by atoms with van der Waals surface area (Å²) in [6.45, 7) is 7.85. The Hall–Kier alpha value is -1.37. The molecule has 0 saturated carbocycles. The van der Waals surface area contributed by atoms with Crippen LogP contribution in [0.1, 0.15) is 44.7 Å². The molecule has 0 radical (unpaired) electrons. The summed E-state index contributed by atoms with van der Waals surface area (Å²) in [6.07, 6.45) is 3.06. The van der Waals surface area contributed by atoms with Gasteiger partial charge in [0.25, 0.3) is 0 Å². The molecule has 114 valence electrons. The van der Waals surface area contributed by atoms with Crippen molar-refractivity contribution < 1.29 is 0 Å². The van der Waals surface area contributed by atoms with Gasteiger partial charge in [-0.15, -0.1) is 0 Å². The molecule has 1 aliphatic heterocycles. The Kier molecular flexibility index (Phi) is 6.22. The minimum absolute atomic E-state index is 0.214. The second kappa shape index (κ2) is 8.17. The molecule has 3 heteroatoms. The molecule has 1 unspecified atom stereocenters. The van der Waals surface area contributed by atoms with E-state index < -0.39 is 0 Å². The number of hydrogen-bond donors (Lipinski definition) is 1. The molecule has 0 aliphatic carbocycles. The first kappa shape index (κ1) is 16.0. The molecule has 1 atom stereocenters. The molecule has 1 saturated heterocycles. The Morgan fingerprint density at radius 3 is 2.48 bits per heavy atom. The maximum Gasteiger partial charge on any atom is 0.0641 e. The van der Waals surface area contributed by atoms with E-state index >= 15 is 0 Å². The third-order valence-corrected chi connectivity index (χ3v) is 4.46. The van der Waals surface area contributed by atoms with Crippen LogP contribution in [0.15, 0.2) is 30.3 Å². The summed E-state index contributed by atoms with van der Waals surface area (Å²) in [4.78, 5) is 2.52. The van der Waals surface area contributed by atoms with Crippen LogP contribution >= 0.6 is 0 Å². The van der Waals surface area contributed by atoms with Crippen LogP contribution in [0.3, 0.4) is 0 Å². The fraction of sp³-hybridized carbons (Fsp3) is 0.611. The summed E-state index contributed by atoms with van der Waals surface area (Å²) in [7, 11) is 0. The molecule has 0 aromatic heterocycles. The number of nitriles is 1. The van der Waals surface area contributed by atoms with Crippen LogP contribution in [0.5, 0.6) is 0 Å². The lowest BCUT2D eigenvalue weighted by Crippen LogP contribution is -2.41. The van der Waals surface area contributed by atoms with Crippen molar-refractivity contribution in [2.24, 2.45) is 5.92 Å². The maximum atomic E-state index is 9.25. The average Bonchev–Trinajstić information content (AvgIpc) is 2.52. The smallest absolute Gasteiger partial charge is 0.0641 e. The number of nitrogens with one attached hydrogen (secondary N) is 1. The quantitative estimate of drug-likeness (QED) is 0.871. The zero-order chi connectivity index (χ0) is 15.1. The van der Waals surface area contributed by atoms with Gasteiger partial charge in [-0.2, -0.15) is 5.26 Å². The molecular formula is C18H27N3. The number of benzene rings is 1. The Labute approximate surface area is 129 Å². The Morgan fingerprint density at radius 2 is 1.90 bits per heavy atom. The SMILES string of the molecule is CC(C)N(CC1CCNCC1)C(CC#N)c1ccccc1. The first-order valence-electron chi connectivity index (χ1n) is 8.10. The summed E-state index contributed by atoms with van der Waals surface area (Å²) in [5, 5.41) is 12.7. The van der Waals surface area contributed by atoms with Gasteiger partial charge in [0.15, 0.2) is 0 Å². The van der Waals surface area contributed by atoms with Gasteiger partial charge < -0.3 is 5.32 Å². The highest BCUT2D eigenvalue weighted by Gasteiger charge is 2.26. The molecule has 1 heterocycles. The van der Waals surface area contributed by atoms with Crippen LogP contribution in [0.2, 0.25) is 0 Å². The first-order valence-corrected chi connectivity index (χ1v) is 8.10. The van der Waals surface area contributed by atoms with Gasteiger partial charge in [-0.1, -0.05) is 30.3 Å². The van der Waals surface area contributed by atoms with E-state index in [4.69, 9.17) is 0 Å². The van der Waals surface area contributed by atoms with Crippen LogP contribution in [-0.4, -0.2) is 30.6 Å². The lowest BCUT2D eigenvalue weighted by atomic mass is 9.94. The highest BCUT2D eigenvalue weighted by molar-refractivity contribution is 5.20. The zero-order valence-electron chi connectivity index (χ0n) is 13.3. The van der Waals surface area contributed by atoms with Crippen molar-refractivity contribution in [2.75, 3.05) is 19.6 Å². The third kappa shape index (κ3) is 4.56. The van der Waals surface area contributed by atoms with Crippen LogP contribution in [-0.2, 0) is 0 Å². The molecule has 1 aromatic rings. The second-order valence-corrected chi connectivity index (χ2v) is 6.27. The van der Waals surface area contributed by atoms with E-state index in [9.17, 15) is 5.26 Å². The van der Waals surface area contributed by atoms with E-state index in [2.05, 4.69) is 54.4 Å². The standard InChI is InChI=1S/C18H27N3/c1-15(2)21(14-16-9-12-20-13-10-16)18(8-11-19)17-6-4-3-5-7-17/h3-7,15-16,18,20H,8-10,12-14H2,1-2H3. The summed E-state index contributed by atoms with van der Waals surface area (Å²) in [5.74, 6) is 0.749. The number of piperidine rings is 1. The van der Waals surface area contributed by atoms with Crippen molar-refractivity contribution in [3.8, 4) is 6.07 Å². The molecule has 1 aromatic carbocycles. The Morgan fingerprint density at radius 1 is 1.24 bits per heavy atom. The molecular weight excluding hydrogens is 258 g/mol. The molecule has 0 bridgehead atoms. The molecule has 1 fully saturated rings. The molecule has 2 rings (SSSR count). The minimum Gasteiger partial charge on any atom is -0.317 e. The monoisotopic (exact) mass is 285 g/mol. The van der Waals surface area contributed by atoms with E-state index in [0.717, 1.165) is 25.6 Å². The topological polar surface area (TPSA) is 39.1 Å². The first-order chi connectivity index (χ1) is 10.2. The van der Waals surface area contributed by atoms with E-state index in [1.807, 2.05) is 6.07 Å². The Balaban J connectivity index is 2.14. The van der Waals surface area contributed by atoms with Crippen LogP contribution in [0.25, 0.3) is 0 Å². The summed E-state index contributed by atoms with van der Waals surface area (Å²) in [5.41, 5.74) is 1.27. The highest BCUT2D eigenvalue weighted by atomic mass is 15.2. The normalized spacial score (nSPS) is 17.9. The van der Waals surface area contributed by atoms with Gasteiger partial charge in [0.05, 0.1) is 12.5 Å². The van der Waals surface area contributed by atoms with Crippen molar-refractivity contribution >= 4 is 0 Å². The lowest BCUT2D eigenvalue weighted by molar-refractivity contribution is 0.117. The second-order valence-electron chi connectivity index (χ2n) is 6.27. The number of rotatable bonds is 6. The predicted molar refractivity (Wildman–Crippen MR) is 86.8 cm³/mol. The zero-order valence-corrected chi connectivity index (χ0v) is 13.3. The lowest BCUT2D eigenvalue weighted by Gasteiger charge is -2.38. The third-order valence-electron chi connectivity index (χ3n) is 4.46. The van der Waals surface area contributed by atoms with Gasteiger partial charge in [-0.3, -0.25) is 4.90 Å². The molecule has 21 heavy (non-hydrogen) atoms. The molecule has 0 amide bonds. The van der Waals surface area contributed by atoms with Crippen molar-refractivity contribution in [2.45, 2.75) is 45.2 Å². The average molecular weight is 285 g/mol. The van der Waals surface area contributed by atoms with E-state index in [-0.39, 0.29) is 6.04 Å². The van der Waals surface area contributed by atoms with Crippen LogP contribution < -0.4 is 5.32 Å². The van der Waals surface area contributed by atoms with Crippen LogP contribution in [0.4, 0.5) is 0 Å². The minimum atomic E-state index is 0.214. The van der Waals surface area contributed by atoms with Gasteiger partial charge in [0, 0.05) is 18.6 Å². The number of hydrogen-bond acceptors (Lipinski definition) is 3. The van der Waals surface area contributed by atoms with Gasteiger partial charge >= 0.3 is 0 Å². The summed E-state index contributed by atoms with van der Waals surface area (Å²) < 4.78 is 0. The van der Waals surface area contributed by atoms with Crippen molar-refractivity contribution in [3.05, 3.63) is 35.9 Å². The fourth-order valence-corrected chi connectivity index (χ4v) is 3.25. The van der Waals surface area contributed by atoms with Crippen molar-refractivity contribution in [3.63, 3.8) is 0 Å². The van der Waals surface area contributed by atoms with Gasteiger partial charge in [0.1, 0.15) is 0 Å². The van der Waals surface area contributed by atoms with Crippen molar-refractivity contribution in [1.82, 2.24) is 10.2 Å². The van der Waals surface area contributed by atoms with Gasteiger partial charge in [-0.05, 0) is 51.3 Å². The summed E-state index contributed by atoms with van der Waals surface area (Å²) in [6, 6.07) is 13.5. The Bertz CT molecular complexity index is 443. The number of nitrogens with zero attached hydrogens (tertiary/aromatic N) is 2. The highest BCUT2D eigenvalue weighted by Crippen LogP contribution is 2.28. The predicted octanol–water partition coefficient (Wildman–Crippen LogP) is 3.35.